The fourth-order valence-corrected chi connectivity index (χ4v) is 4.47. The van der Waals surface area contributed by atoms with Gasteiger partial charge in [0, 0.05) is 22.5 Å². The number of hydrogen-bond donors (Lipinski definition) is 0. The van der Waals surface area contributed by atoms with Gasteiger partial charge in [0.2, 0.25) is 0 Å². The fraction of sp³-hybridized carbons (Fsp3) is 0.0345. The second kappa shape index (κ2) is 7.92. The van der Waals surface area contributed by atoms with Gasteiger partial charge in [-0.15, -0.1) is 0 Å². The summed E-state index contributed by atoms with van der Waals surface area (Å²) in [5.41, 5.74) is 6.09. The van der Waals surface area contributed by atoms with Crippen molar-refractivity contribution in [3.8, 4) is 34.1 Å². The van der Waals surface area contributed by atoms with E-state index >= 15 is 0 Å². The summed E-state index contributed by atoms with van der Waals surface area (Å²) in [7, 11) is 1.71. The minimum atomic E-state index is 0.847. The van der Waals surface area contributed by atoms with Gasteiger partial charge in [-0.2, -0.15) is 0 Å². The molecule has 0 unspecified atom stereocenters. The average molecular weight is 428 g/mol. The van der Waals surface area contributed by atoms with Gasteiger partial charge in [-0.3, -0.25) is 9.55 Å². The van der Waals surface area contributed by atoms with E-state index in [9.17, 15) is 0 Å². The monoisotopic (exact) mass is 427 g/mol. The van der Waals surface area contributed by atoms with Crippen LogP contribution >= 0.6 is 0 Å². The molecule has 33 heavy (non-hydrogen) atoms. The average Bonchev–Trinajstić information content (AvgIpc) is 3.23. The van der Waals surface area contributed by atoms with Crippen LogP contribution in [-0.4, -0.2) is 21.6 Å². The number of hydrogen-bond acceptors (Lipinski definition) is 3. The van der Waals surface area contributed by atoms with Crippen molar-refractivity contribution in [1.82, 2.24) is 14.5 Å². The first-order chi connectivity index (χ1) is 16.3. The second-order valence-electron chi connectivity index (χ2n) is 7.88. The lowest BCUT2D eigenvalue weighted by Crippen LogP contribution is -1.99. The van der Waals surface area contributed by atoms with Gasteiger partial charge in [0.25, 0.3) is 0 Å². The summed E-state index contributed by atoms with van der Waals surface area (Å²) in [6.45, 7) is 0. The molecule has 0 saturated carbocycles. The third kappa shape index (κ3) is 3.24. The molecule has 3 aromatic heterocycles. The predicted molar refractivity (Wildman–Crippen MR) is 134 cm³/mol. The van der Waals surface area contributed by atoms with Gasteiger partial charge in [0.05, 0.1) is 29.5 Å². The van der Waals surface area contributed by atoms with E-state index in [0.29, 0.717) is 0 Å². The van der Waals surface area contributed by atoms with Gasteiger partial charge in [-0.05, 0) is 48.0 Å². The van der Waals surface area contributed by atoms with Crippen molar-refractivity contribution in [2.75, 3.05) is 7.11 Å². The van der Waals surface area contributed by atoms with E-state index in [0.717, 1.165) is 45.1 Å². The first-order valence-corrected chi connectivity index (χ1v) is 10.9. The molecule has 0 N–H and O–H groups in total. The number of methoxy groups -OCH3 is 1. The zero-order valence-corrected chi connectivity index (χ0v) is 18.1. The van der Waals surface area contributed by atoms with Crippen molar-refractivity contribution < 1.29 is 4.74 Å². The van der Waals surface area contributed by atoms with Crippen molar-refractivity contribution >= 4 is 21.8 Å². The highest BCUT2D eigenvalue weighted by Gasteiger charge is 2.15. The van der Waals surface area contributed by atoms with Crippen LogP contribution < -0.4 is 4.74 Å². The number of nitrogens with zero attached hydrogens (tertiary/aromatic N) is 3. The summed E-state index contributed by atoms with van der Waals surface area (Å²) in [6.07, 6.45) is 1.80. The van der Waals surface area contributed by atoms with Crippen LogP contribution in [0.4, 0.5) is 0 Å². The molecule has 0 spiro atoms. The Hall–Kier alpha value is -4.44. The van der Waals surface area contributed by atoms with E-state index in [1.807, 2.05) is 54.6 Å². The Balaban J connectivity index is 1.63. The molecule has 0 saturated heterocycles. The van der Waals surface area contributed by atoms with Crippen molar-refractivity contribution in [3.05, 3.63) is 109 Å². The van der Waals surface area contributed by atoms with Gasteiger partial charge in [0.1, 0.15) is 11.6 Å². The topological polar surface area (TPSA) is 39.9 Å². The normalized spacial score (nSPS) is 11.2. The first kappa shape index (κ1) is 19.3. The SMILES string of the molecule is COc1ccccc1-c1ccc2c3ccccc3n(-c3cccc(-c4ccccn4)n3)c2c1. The molecule has 6 rings (SSSR count). The van der Waals surface area contributed by atoms with E-state index < -0.39 is 0 Å². The first-order valence-electron chi connectivity index (χ1n) is 10.9. The second-order valence-corrected chi connectivity index (χ2v) is 7.88. The van der Waals surface area contributed by atoms with Crippen LogP contribution in [0.3, 0.4) is 0 Å². The number of ether oxygens (including phenoxy) is 1. The fourth-order valence-electron chi connectivity index (χ4n) is 4.47. The molecule has 0 radical (unpaired) electrons. The Kier molecular flexibility index (Phi) is 4.62. The Morgan fingerprint density at radius 2 is 1.45 bits per heavy atom. The summed E-state index contributed by atoms with van der Waals surface area (Å²) < 4.78 is 7.86. The van der Waals surface area contributed by atoms with Gasteiger partial charge in [0.15, 0.2) is 0 Å². The molecule has 3 aromatic carbocycles. The van der Waals surface area contributed by atoms with E-state index in [1.165, 1.54) is 10.8 Å². The molecule has 0 aliphatic heterocycles. The minimum absolute atomic E-state index is 0.847. The number of pyridine rings is 2. The maximum atomic E-state index is 5.62. The Bertz CT molecular complexity index is 1600. The Morgan fingerprint density at radius 3 is 2.33 bits per heavy atom. The largest absolute Gasteiger partial charge is 0.496 e. The quantitative estimate of drug-likeness (QED) is 0.307. The van der Waals surface area contributed by atoms with Crippen LogP contribution in [0.1, 0.15) is 0 Å². The molecular formula is C29H21N3O. The molecule has 0 aliphatic carbocycles. The number of benzene rings is 3. The van der Waals surface area contributed by atoms with Crippen LogP contribution in [-0.2, 0) is 0 Å². The predicted octanol–water partition coefficient (Wildman–Crippen LogP) is 6.92. The van der Waals surface area contributed by atoms with Crippen molar-refractivity contribution in [2.45, 2.75) is 0 Å². The molecule has 0 amide bonds. The molecule has 3 heterocycles. The molecule has 0 bridgehead atoms. The van der Waals surface area contributed by atoms with Gasteiger partial charge in [-0.25, -0.2) is 4.98 Å². The third-order valence-electron chi connectivity index (χ3n) is 5.98. The van der Waals surface area contributed by atoms with E-state index in [-0.39, 0.29) is 0 Å². The molecule has 6 aromatic rings. The smallest absolute Gasteiger partial charge is 0.138 e. The molecule has 0 aliphatic rings. The minimum Gasteiger partial charge on any atom is -0.496 e. The van der Waals surface area contributed by atoms with E-state index in [4.69, 9.17) is 9.72 Å². The molecule has 0 atom stereocenters. The number of rotatable bonds is 4. The van der Waals surface area contributed by atoms with Crippen LogP contribution in [0.5, 0.6) is 5.75 Å². The Morgan fingerprint density at radius 1 is 0.667 bits per heavy atom. The Labute approximate surface area is 191 Å². The highest BCUT2D eigenvalue weighted by atomic mass is 16.5. The van der Waals surface area contributed by atoms with Gasteiger partial charge >= 0.3 is 0 Å². The van der Waals surface area contributed by atoms with Crippen molar-refractivity contribution in [1.29, 1.82) is 0 Å². The highest BCUT2D eigenvalue weighted by Crippen LogP contribution is 2.37. The van der Waals surface area contributed by atoms with E-state index in [1.54, 1.807) is 13.3 Å². The van der Waals surface area contributed by atoms with Crippen LogP contribution in [0.15, 0.2) is 109 Å². The number of para-hydroxylation sites is 2. The zero-order chi connectivity index (χ0) is 22.2. The summed E-state index contributed by atoms with van der Waals surface area (Å²) in [4.78, 5) is 9.48. The van der Waals surface area contributed by atoms with Crippen LogP contribution in [0, 0.1) is 0 Å². The zero-order valence-electron chi connectivity index (χ0n) is 18.1. The molecule has 0 fully saturated rings. The lowest BCUT2D eigenvalue weighted by Gasteiger charge is -2.11. The molecule has 158 valence electrons. The molecule has 4 nitrogen and oxygen atoms in total. The number of aromatic nitrogens is 3. The maximum absolute atomic E-state index is 5.62. The third-order valence-corrected chi connectivity index (χ3v) is 5.98. The summed E-state index contributed by atoms with van der Waals surface area (Å²) in [5, 5.41) is 2.39. The molecule has 4 heteroatoms. The standard InChI is InChI=1S/C29H21N3O/c1-33-28-14-5-3-9-21(28)20-16-17-23-22-10-2-4-13-26(22)32(27(23)19-20)29-15-8-12-25(31-29)24-11-6-7-18-30-24/h2-19H,1H3. The molecular weight excluding hydrogens is 406 g/mol. The van der Waals surface area contributed by atoms with Crippen LogP contribution in [0.2, 0.25) is 0 Å². The summed E-state index contributed by atoms with van der Waals surface area (Å²) in [6, 6.07) is 35.1. The van der Waals surface area contributed by atoms with Crippen molar-refractivity contribution in [2.24, 2.45) is 0 Å². The summed E-state index contributed by atoms with van der Waals surface area (Å²) >= 11 is 0. The lowest BCUT2D eigenvalue weighted by atomic mass is 10.0. The maximum Gasteiger partial charge on any atom is 0.138 e. The van der Waals surface area contributed by atoms with Gasteiger partial charge < -0.3 is 4.74 Å². The van der Waals surface area contributed by atoms with Gasteiger partial charge in [-0.1, -0.05) is 60.7 Å². The summed E-state index contributed by atoms with van der Waals surface area (Å²) in [5.74, 6) is 1.72. The van der Waals surface area contributed by atoms with Crippen molar-refractivity contribution in [3.63, 3.8) is 0 Å². The number of fused-ring (bicyclic) bond motifs is 3. The van der Waals surface area contributed by atoms with Crippen LogP contribution in [0.25, 0.3) is 50.1 Å². The lowest BCUT2D eigenvalue weighted by molar-refractivity contribution is 0.416. The van der Waals surface area contributed by atoms with E-state index in [2.05, 4.69) is 58.1 Å². The highest BCUT2D eigenvalue weighted by molar-refractivity contribution is 6.10.